The van der Waals surface area contributed by atoms with E-state index in [2.05, 4.69) is 86.5 Å². The van der Waals surface area contributed by atoms with Crippen LogP contribution in [0, 0.1) is 0 Å². The summed E-state index contributed by atoms with van der Waals surface area (Å²) in [6.07, 6.45) is 0. The van der Waals surface area contributed by atoms with Gasteiger partial charge in [0.25, 0.3) is 5.91 Å². The molecule has 0 aliphatic rings. The molecule has 3 N–H and O–H groups in total. The van der Waals surface area contributed by atoms with Gasteiger partial charge in [-0.05, 0) is 77.6 Å². The molecule has 0 saturated heterocycles. The van der Waals surface area contributed by atoms with E-state index >= 15 is 0 Å². The Bertz CT molecular complexity index is 763. The van der Waals surface area contributed by atoms with Crippen LogP contribution in [0.2, 0.25) is 0 Å². The number of anilines is 1. The molecule has 0 heterocycles. The quantitative estimate of drug-likeness (QED) is 0.314. The van der Waals surface area contributed by atoms with E-state index in [1.165, 1.54) is 0 Å². The Morgan fingerprint density at radius 2 is 1.54 bits per heavy atom. The first kappa shape index (κ1) is 19.5. The third-order valence-corrected chi connectivity index (χ3v) is 6.02. The predicted octanol–water partition coefficient (Wildman–Crippen LogP) is 5.44. The van der Waals surface area contributed by atoms with Gasteiger partial charge in [0.1, 0.15) is 0 Å². The average molecular weight is 583 g/mol. The summed E-state index contributed by atoms with van der Waals surface area (Å²) in [6.45, 7) is 4.02. The normalized spacial score (nSPS) is 10.2. The van der Waals surface area contributed by atoms with Gasteiger partial charge in [-0.2, -0.15) is 0 Å². The molecule has 2 aromatic carbocycles. The van der Waals surface area contributed by atoms with Crippen LogP contribution in [0.3, 0.4) is 0 Å². The van der Waals surface area contributed by atoms with Crippen LogP contribution in [-0.4, -0.2) is 12.5 Å². The van der Waals surface area contributed by atoms with Gasteiger partial charge in [0, 0.05) is 17.9 Å². The van der Waals surface area contributed by atoms with Gasteiger partial charge in [-0.25, -0.2) is 0 Å². The molecule has 24 heavy (non-hydrogen) atoms. The SMILES string of the molecule is C=C(NNC(=O)CNc1cc(Br)c(Br)cc1Br)c1ccc(Br)cc1. The fourth-order valence-corrected chi connectivity index (χ4v) is 3.49. The first-order valence-electron chi connectivity index (χ1n) is 6.75. The van der Waals surface area contributed by atoms with Crippen LogP contribution in [0.25, 0.3) is 5.70 Å². The summed E-state index contributed by atoms with van der Waals surface area (Å²) in [7, 11) is 0. The molecule has 0 unspecified atom stereocenters. The van der Waals surface area contributed by atoms with Crippen molar-refractivity contribution in [3.63, 3.8) is 0 Å². The lowest BCUT2D eigenvalue weighted by Crippen LogP contribution is -2.39. The summed E-state index contributed by atoms with van der Waals surface area (Å²) in [4.78, 5) is 11.9. The van der Waals surface area contributed by atoms with Crippen molar-refractivity contribution >= 4 is 81.0 Å². The van der Waals surface area contributed by atoms with E-state index in [1.54, 1.807) is 0 Å². The number of hydrazine groups is 1. The van der Waals surface area contributed by atoms with Crippen molar-refractivity contribution in [1.29, 1.82) is 0 Å². The van der Waals surface area contributed by atoms with Crippen molar-refractivity contribution in [3.8, 4) is 0 Å². The molecular formula is C16H13Br4N3O. The lowest BCUT2D eigenvalue weighted by Gasteiger charge is -2.13. The first-order chi connectivity index (χ1) is 11.4. The fourth-order valence-electron chi connectivity index (χ4n) is 1.75. The molecule has 0 aliphatic heterocycles. The van der Waals surface area contributed by atoms with E-state index in [0.717, 1.165) is 29.1 Å². The van der Waals surface area contributed by atoms with Gasteiger partial charge in [-0.1, -0.05) is 34.6 Å². The molecule has 1 amide bonds. The van der Waals surface area contributed by atoms with Gasteiger partial charge < -0.3 is 5.32 Å². The Morgan fingerprint density at radius 1 is 0.917 bits per heavy atom. The topological polar surface area (TPSA) is 53.2 Å². The van der Waals surface area contributed by atoms with E-state index in [1.807, 2.05) is 36.4 Å². The van der Waals surface area contributed by atoms with Gasteiger partial charge in [0.15, 0.2) is 0 Å². The van der Waals surface area contributed by atoms with Crippen LogP contribution >= 0.6 is 63.7 Å². The minimum Gasteiger partial charge on any atom is -0.375 e. The van der Waals surface area contributed by atoms with Gasteiger partial charge in [-0.15, -0.1) is 0 Å². The summed E-state index contributed by atoms with van der Waals surface area (Å²) < 4.78 is 3.67. The lowest BCUT2D eigenvalue weighted by molar-refractivity contribution is -0.120. The minimum atomic E-state index is -0.209. The molecule has 126 valence electrons. The largest absolute Gasteiger partial charge is 0.375 e. The maximum Gasteiger partial charge on any atom is 0.257 e. The van der Waals surface area contributed by atoms with Crippen LogP contribution in [0.1, 0.15) is 5.56 Å². The monoisotopic (exact) mass is 579 g/mol. The third kappa shape index (κ3) is 5.61. The Morgan fingerprint density at radius 3 is 2.21 bits per heavy atom. The number of amides is 1. The van der Waals surface area contributed by atoms with E-state index in [-0.39, 0.29) is 12.5 Å². The molecule has 0 aromatic heterocycles. The van der Waals surface area contributed by atoms with Crippen LogP contribution in [0.15, 0.2) is 60.9 Å². The third-order valence-electron chi connectivity index (χ3n) is 2.99. The molecule has 0 atom stereocenters. The van der Waals surface area contributed by atoms with Crippen molar-refractivity contribution in [1.82, 2.24) is 10.9 Å². The number of benzene rings is 2. The predicted molar refractivity (Wildman–Crippen MR) is 112 cm³/mol. The second-order valence-electron chi connectivity index (χ2n) is 4.76. The molecule has 8 heteroatoms. The Kier molecular flexibility index (Phi) is 7.34. The summed E-state index contributed by atoms with van der Waals surface area (Å²) in [5.41, 5.74) is 7.74. The Hall–Kier alpha value is -0.830. The van der Waals surface area contributed by atoms with E-state index in [9.17, 15) is 4.79 Å². The average Bonchev–Trinajstić information content (AvgIpc) is 2.55. The lowest BCUT2D eigenvalue weighted by atomic mass is 10.2. The smallest absolute Gasteiger partial charge is 0.257 e. The molecule has 4 nitrogen and oxygen atoms in total. The molecule has 0 fully saturated rings. The molecule has 0 bridgehead atoms. The van der Waals surface area contributed by atoms with Crippen molar-refractivity contribution < 1.29 is 4.79 Å². The summed E-state index contributed by atoms with van der Waals surface area (Å²) in [5.74, 6) is -0.209. The second-order valence-corrected chi connectivity index (χ2v) is 8.24. The van der Waals surface area contributed by atoms with Crippen LogP contribution in [-0.2, 0) is 4.79 Å². The summed E-state index contributed by atoms with van der Waals surface area (Å²) >= 11 is 13.7. The Labute approximate surface area is 174 Å². The van der Waals surface area contributed by atoms with Gasteiger partial charge >= 0.3 is 0 Å². The van der Waals surface area contributed by atoms with Crippen molar-refractivity contribution in [3.05, 3.63) is 66.4 Å². The van der Waals surface area contributed by atoms with Crippen LogP contribution in [0.4, 0.5) is 5.69 Å². The highest BCUT2D eigenvalue weighted by Crippen LogP contribution is 2.32. The van der Waals surface area contributed by atoms with Gasteiger partial charge in [0.2, 0.25) is 0 Å². The molecule has 0 radical (unpaired) electrons. The zero-order chi connectivity index (χ0) is 17.7. The molecule has 2 aromatic rings. The van der Waals surface area contributed by atoms with Gasteiger partial charge in [0.05, 0.1) is 17.9 Å². The van der Waals surface area contributed by atoms with Gasteiger partial charge in [-0.3, -0.25) is 15.6 Å². The van der Waals surface area contributed by atoms with Crippen molar-refractivity contribution in [2.75, 3.05) is 11.9 Å². The number of nitrogens with one attached hydrogen (secondary N) is 3. The highest BCUT2D eigenvalue weighted by molar-refractivity contribution is 9.13. The fraction of sp³-hybridized carbons (Fsp3) is 0.0625. The number of halogens is 4. The zero-order valence-electron chi connectivity index (χ0n) is 12.3. The summed E-state index contributed by atoms with van der Waals surface area (Å²) in [6, 6.07) is 11.4. The number of hydrogen-bond donors (Lipinski definition) is 3. The highest BCUT2D eigenvalue weighted by Gasteiger charge is 2.07. The molecule has 0 aliphatic carbocycles. The minimum absolute atomic E-state index is 0.118. The molecule has 2 rings (SSSR count). The number of rotatable bonds is 6. The molecular weight excluding hydrogens is 570 g/mol. The maximum absolute atomic E-state index is 11.9. The van der Waals surface area contributed by atoms with Crippen LogP contribution in [0.5, 0.6) is 0 Å². The van der Waals surface area contributed by atoms with E-state index in [4.69, 9.17) is 0 Å². The van der Waals surface area contributed by atoms with Crippen molar-refractivity contribution in [2.24, 2.45) is 0 Å². The number of hydrogen-bond acceptors (Lipinski definition) is 3. The first-order valence-corrected chi connectivity index (χ1v) is 9.92. The standard InChI is InChI=1S/C16H13Br4N3O/c1-9(10-2-4-11(17)5-3-10)22-23-16(24)8-21-15-7-13(19)12(18)6-14(15)20/h2-7,21-22H,1,8H2,(H,23,24). The molecule has 0 saturated carbocycles. The number of carbonyl (C=O) groups is 1. The Balaban J connectivity index is 1.84. The number of carbonyl (C=O) groups excluding carboxylic acids is 1. The van der Waals surface area contributed by atoms with E-state index < -0.39 is 0 Å². The van der Waals surface area contributed by atoms with Crippen molar-refractivity contribution in [2.45, 2.75) is 0 Å². The summed E-state index contributed by atoms with van der Waals surface area (Å²) in [5, 5.41) is 3.07. The molecule has 0 spiro atoms. The zero-order valence-corrected chi connectivity index (χ0v) is 18.6. The van der Waals surface area contributed by atoms with E-state index in [0.29, 0.717) is 5.70 Å². The highest BCUT2D eigenvalue weighted by atomic mass is 79.9. The van der Waals surface area contributed by atoms with Crippen LogP contribution < -0.4 is 16.2 Å². The second kappa shape index (κ2) is 9.03. The maximum atomic E-state index is 11.9.